The number of aromatic nitrogens is 3. The van der Waals surface area contributed by atoms with Gasteiger partial charge in [0.1, 0.15) is 6.10 Å². The number of piperidine rings is 1. The van der Waals surface area contributed by atoms with Crippen molar-refractivity contribution in [3.8, 4) is 5.88 Å². The highest BCUT2D eigenvalue weighted by atomic mass is 16.5. The van der Waals surface area contributed by atoms with Gasteiger partial charge in [-0.1, -0.05) is 0 Å². The zero-order valence-electron chi connectivity index (χ0n) is 13.9. The summed E-state index contributed by atoms with van der Waals surface area (Å²) in [5.41, 5.74) is 0.652. The summed E-state index contributed by atoms with van der Waals surface area (Å²) in [6.45, 7) is 1.28. The zero-order chi connectivity index (χ0) is 16.9. The van der Waals surface area contributed by atoms with Gasteiger partial charge in [0, 0.05) is 51.0 Å². The lowest BCUT2D eigenvalue weighted by Gasteiger charge is -2.33. The van der Waals surface area contributed by atoms with Crippen molar-refractivity contribution < 1.29 is 9.53 Å². The number of ether oxygens (including phenoxy) is 1. The largest absolute Gasteiger partial charge is 0.470 e. The molecule has 7 heteroatoms. The number of carbonyl (C=O) groups excluding carboxylic acids is 1. The molecule has 0 saturated carbocycles. The number of hydrogen-bond donors (Lipinski definition) is 0. The Bertz CT molecular complexity index is 692. The smallest absolute Gasteiger partial charge is 0.257 e. The van der Waals surface area contributed by atoms with Crippen LogP contribution in [-0.4, -0.2) is 59.0 Å². The molecule has 1 aliphatic rings. The first-order chi connectivity index (χ1) is 11.6. The SMILES string of the molecule is CN(C)c1nccnc1OC1CCCN(C(=O)c2ccncc2)C1. The van der Waals surface area contributed by atoms with Crippen molar-refractivity contribution in [2.75, 3.05) is 32.1 Å². The van der Waals surface area contributed by atoms with Crippen LogP contribution in [-0.2, 0) is 0 Å². The quantitative estimate of drug-likeness (QED) is 0.850. The maximum Gasteiger partial charge on any atom is 0.257 e. The molecule has 1 saturated heterocycles. The van der Waals surface area contributed by atoms with E-state index in [2.05, 4.69) is 15.0 Å². The Kier molecular flexibility index (Phi) is 4.88. The highest BCUT2D eigenvalue weighted by molar-refractivity contribution is 5.94. The Morgan fingerprint density at radius 2 is 1.96 bits per heavy atom. The number of hydrogen-bond acceptors (Lipinski definition) is 6. The van der Waals surface area contributed by atoms with Gasteiger partial charge in [-0.25, -0.2) is 9.97 Å². The van der Waals surface area contributed by atoms with Crippen LogP contribution in [0, 0.1) is 0 Å². The third-order valence-corrected chi connectivity index (χ3v) is 3.94. The fourth-order valence-electron chi connectivity index (χ4n) is 2.76. The van der Waals surface area contributed by atoms with E-state index in [-0.39, 0.29) is 12.0 Å². The van der Waals surface area contributed by atoms with Gasteiger partial charge in [0.25, 0.3) is 11.8 Å². The lowest BCUT2D eigenvalue weighted by Crippen LogP contribution is -2.44. The van der Waals surface area contributed by atoms with Crippen LogP contribution < -0.4 is 9.64 Å². The molecule has 0 N–H and O–H groups in total. The summed E-state index contributed by atoms with van der Waals surface area (Å²) < 4.78 is 6.04. The van der Waals surface area contributed by atoms with Crippen molar-refractivity contribution in [3.63, 3.8) is 0 Å². The molecule has 1 fully saturated rings. The topological polar surface area (TPSA) is 71.5 Å². The molecule has 126 valence electrons. The average molecular weight is 327 g/mol. The van der Waals surface area contributed by atoms with E-state index in [1.54, 1.807) is 36.9 Å². The fourth-order valence-corrected chi connectivity index (χ4v) is 2.76. The minimum atomic E-state index is -0.0834. The normalized spacial score (nSPS) is 17.4. The molecule has 7 nitrogen and oxygen atoms in total. The molecule has 3 heterocycles. The number of anilines is 1. The maximum atomic E-state index is 12.6. The molecule has 1 atom stereocenters. The second-order valence-electron chi connectivity index (χ2n) is 5.95. The van der Waals surface area contributed by atoms with E-state index < -0.39 is 0 Å². The van der Waals surface area contributed by atoms with E-state index >= 15 is 0 Å². The first-order valence-corrected chi connectivity index (χ1v) is 7.99. The minimum absolute atomic E-state index is 0.0117. The van der Waals surface area contributed by atoms with Gasteiger partial charge in [-0.3, -0.25) is 9.78 Å². The molecule has 1 unspecified atom stereocenters. The van der Waals surface area contributed by atoms with Crippen LogP contribution in [0.5, 0.6) is 5.88 Å². The first kappa shape index (κ1) is 16.2. The van der Waals surface area contributed by atoms with Gasteiger partial charge in [0.05, 0.1) is 6.54 Å². The van der Waals surface area contributed by atoms with E-state index in [9.17, 15) is 4.79 Å². The van der Waals surface area contributed by atoms with Gasteiger partial charge in [0.15, 0.2) is 5.82 Å². The molecule has 2 aromatic rings. The van der Waals surface area contributed by atoms with Crippen molar-refractivity contribution in [1.29, 1.82) is 0 Å². The predicted molar refractivity (Wildman–Crippen MR) is 90.1 cm³/mol. The first-order valence-electron chi connectivity index (χ1n) is 7.99. The molecule has 2 aromatic heterocycles. The van der Waals surface area contributed by atoms with Crippen LogP contribution in [0.3, 0.4) is 0 Å². The highest BCUT2D eigenvalue weighted by Crippen LogP contribution is 2.24. The number of likely N-dealkylation sites (tertiary alicyclic amines) is 1. The highest BCUT2D eigenvalue weighted by Gasteiger charge is 2.26. The Balaban J connectivity index is 1.69. The van der Waals surface area contributed by atoms with Gasteiger partial charge in [-0.2, -0.15) is 0 Å². The summed E-state index contributed by atoms with van der Waals surface area (Å²) in [6, 6.07) is 3.47. The molecule has 0 spiro atoms. The van der Waals surface area contributed by atoms with E-state index in [4.69, 9.17) is 4.74 Å². The molecular weight excluding hydrogens is 306 g/mol. The fraction of sp³-hybridized carbons (Fsp3) is 0.412. The maximum absolute atomic E-state index is 12.6. The van der Waals surface area contributed by atoms with Gasteiger partial charge >= 0.3 is 0 Å². The molecule has 1 aliphatic heterocycles. The lowest BCUT2D eigenvalue weighted by atomic mass is 10.1. The van der Waals surface area contributed by atoms with E-state index in [1.165, 1.54) is 0 Å². The molecule has 24 heavy (non-hydrogen) atoms. The third-order valence-electron chi connectivity index (χ3n) is 3.94. The Labute approximate surface area is 141 Å². The van der Waals surface area contributed by atoms with Gasteiger partial charge in [0.2, 0.25) is 0 Å². The Hall–Kier alpha value is -2.70. The molecule has 1 amide bonds. The summed E-state index contributed by atoms with van der Waals surface area (Å²) in [4.78, 5) is 28.8. The van der Waals surface area contributed by atoms with Crippen molar-refractivity contribution in [2.24, 2.45) is 0 Å². The van der Waals surface area contributed by atoms with Crippen LogP contribution in [0.2, 0.25) is 0 Å². The standard InChI is InChI=1S/C17H21N5O2/c1-21(2)15-16(20-10-9-19-15)24-14-4-3-11-22(12-14)17(23)13-5-7-18-8-6-13/h5-10,14H,3-4,11-12H2,1-2H3. The number of amides is 1. The molecule has 0 aliphatic carbocycles. The Morgan fingerprint density at radius 1 is 1.21 bits per heavy atom. The van der Waals surface area contributed by atoms with E-state index in [0.29, 0.717) is 23.8 Å². The van der Waals surface area contributed by atoms with Crippen molar-refractivity contribution in [2.45, 2.75) is 18.9 Å². The lowest BCUT2D eigenvalue weighted by molar-refractivity contribution is 0.0528. The number of nitrogens with zero attached hydrogens (tertiary/aromatic N) is 5. The zero-order valence-corrected chi connectivity index (χ0v) is 13.9. The van der Waals surface area contributed by atoms with Gasteiger partial charge in [-0.15, -0.1) is 0 Å². The minimum Gasteiger partial charge on any atom is -0.470 e. The van der Waals surface area contributed by atoms with Crippen LogP contribution >= 0.6 is 0 Å². The second kappa shape index (κ2) is 7.25. The Morgan fingerprint density at radius 3 is 2.71 bits per heavy atom. The van der Waals surface area contributed by atoms with E-state index in [0.717, 1.165) is 19.4 Å². The van der Waals surface area contributed by atoms with Gasteiger partial charge in [-0.05, 0) is 25.0 Å². The monoisotopic (exact) mass is 327 g/mol. The summed E-state index contributed by atoms with van der Waals surface area (Å²) in [6.07, 6.45) is 8.23. The third kappa shape index (κ3) is 3.61. The van der Waals surface area contributed by atoms with Crippen LogP contribution in [0.1, 0.15) is 23.2 Å². The van der Waals surface area contributed by atoms with Crippen molar-refractivity contribution >= 4 is 11.7 Å². The van der Waals surface area contributed by atoms with Crippen molar-refractivity contribution in [1.82, 2.24) is 19.9 Å². The summed E-state index contributed by atoms with van der Waals surface area (Å²) in [5.74, 6) is 1.21. The number of rotatable bonds is 4. The van der Waals surface area contributed by atoms with Crippen LogP contribution in [0.25, 0.3) is 0 Å². The molecule has 0 aromatic carbocycles. The predicted octanol–water partition coefficient (Wildman–Crippen LogP) is 1.62. The molecule has 3 rings (SSSR count). The van der Waals surface area contributed by atoms with Crippen LogP contribution in [0.15, 0.2) is 36.9 Å². The van der Waals surface area contributed by atoms with Crippen molar-refractivity contribution in [3.05, 3.63) is 42.5 Å². The second-order valence-corrected chi connectivity index (χ2v) is 5.95. The summed E-state index contributed by atoms with van der Waals surface area (Å²) in [5, 5.41) is 0. The van der Waals surface area contributed by atoms with Gasteiger partial charge < -0.3 is 14.5 Å². The summed E-state index contributed by atoms with van der Waals surface area (Å²) in [7, 11) is 3.80. The van der Waals surface area contributed by atoms with Crippen LogP contribution in [0.4, 0.5) is 5.82 Å². The number of carbonyl (C=O) groups is 1. The molecule has 0 radical (unpaired) electrons. The molecule has 0 bridgehead atoms. The van der Waals surface area contributed by atoms with E-state index in [1.807, 2.05) is 23.9 Å². The number of pyridine rings is 1. The summed E-state index contributed by atoms with van der Waals surface area (Å²) >= 11 is 0. The average Bonchev–Trinajstić information content (AvgIpc) is 2.62. The molecular formula is C17H21N5O2.